The summed E-state index contributed by atoms with van der Waals surface area (Å²) in [5, 5.41) is 18.2. The Balaban J connectivity index is 1.67. The molecule has 1 aromatic heterocycles. The predicted octanol–water partition coefficient (Wildman–Crippen LogP) is 4.69. The van der Waals surface area contributed by atoms with Crippen molar-refractivity contribution in [1.82, 2.24) is 9.78 Å². The van der Waals surface area contributed by atoms with Crippen LogP contribution in [0.25, 0.3) is 0 Å². The van der Waals surface area contributed by atoms with E-state index in [0.29, 0.717) is 10.8 Å². The van der Waals surface area contributed by atoms with E-state index in [9.17, 15) is 23.7 Å². The van der Waals surface area contributed by atoms with Gasteiger partial charge < -0.3 is 14.8 Å². The van der Waals surface area contributed by atoms with E-state index in [1.54, 1.807) is 18.2 Å². The SMILES string of the molecule is Cc1cc(OCn2ccc(C(=O)Nc3cc(OCC(F)F)cc([N+](=O)[O-])c3)n2)ccc1Cl. The lowest BCUT2D eigenvalue weighted by atomic mass is 10.2. The summed E-state index contributed by atoms with van der Waals surface area (Å²) in [6.07, 6.45) is -1.24. The van der Waals surface area contributed by atoms with Crippen molar-refractivity contribution in [1.29, 1.82) is 0 Å². The fraction of sp³-hybridized carbons (Fsp3) is 0.200. The van der Waals surface area contributed by atoms with Gasteiger partial charge in [0.15, 0.2) is 12.4 Å². The number of aromatic nitrogens is 2. The quantitative estimate of drug-likeness (QED) is 0.362. The molecule has 0 radical (unpaired) electrons. The first-order chi connectivity index (χ1) is 15.2. The van der Waals surface area contributed by atoms with E-state index >= 15 is 0 Å². The first-order valence-corrected chi connectivity index (χ1v) is 9.53. The zero-order valence-corrected chi connectivity index (χ0v) is 17.4. The van der Waals surface area contributed by atoms with Gasteiger partial charge in [0.1, 0.15) is 18.1 Å². The molecule has 1 N–H and O–H groups in total. The number of nitrogens with zero attached hydrogens (tertiary/aromatic N) is 3. The molecule has 0 aliphatic carbocycles. The van der Waals surface area contributed by atoms with Crippen molar-refractivity contribution in [2.45, 2.75) is 20.1 Å². The minimum Gasteiger partial charge on any atom is -0.487 e. The highest BCUT2D eigenvalue weighted by atomic mass is 35.5. The molecule has 0 aliphatic heterocycles. The molecular weight excluding hydrogens is 450 g/mol. The second-order valence-electron chi connectivity index (χ2n) is 6.55. The highest BCUT2D eigenvalue weighted by Gasteiger charge is 2.16. The standard InChI is InChI=1S/C20H17ClF2N4O5/c1-12-6-15(2-3-17(12)21)32-11-26-5-4-18(25-26)20(28)24-13-7-14(27(29)30)9-16(8-13)31-10-19(22)23/h2-9,19H,10-11H2,1H3,(H,24,28). The Morgan fingerprint density at radius 1 is 1.22 bits per heavy atom. The summed E-state index contributed by atoms with van der Waals surface area (Å²) in [6, 6.07) is 9.86. The third-order valence-corrected chi connectivity index (χ3v) is 4.53. The van der Waals surface area contributed by atoms with Crippen LogP contribution in [0.5, 0.6) is 11.5 Å². The third kappa shape index (κ3) is 6.14. The number of carbonyl (C=O) groups is 1. The second-order valence-corrected chi connectivity index (χ2v) is 6.96. The molecule has 3 rings (SSSR count). The zero-order valence-electron chi connectivity index (χ0n) is 16.6. The second kappa shape index (κ2) is 10.1. The lowest BCUT2D eigenvalue weighted by molar-refractivity contribution is -0.384. The maximum atomic E-state index is 12.5. The highest BCUT2D eigenvalue weighted by Crippen LogP contribution is 2.27. The molecule has 3 aromatic rings. The Kier molecular flexibility index (Phi) is 7.21. The van der Waals surface area contributed by atoms with E-state index in [2.05, 4.69) is 10.4 Å². The Morgan fingerprint density at radius 3 is 2.69 bits per heavy atom. The number of anilines is 1. The van der Waals surface area contributed by atoms with Crippen molar-refractivity contribution in [3.05, 3.63) is 75.1 Å². The summed E-state index contributed by atoms with van der Waals surface area (Å²) in [5.41, 5.74) is 0.432. The summed E-state index contributed by atoms with van der Waals surface area (Å²) in [6.45, 7) is 0.923. The van der Waals surface area contributed by atoms with E-state index in [1.165, 1.54) is 23.0 Å². The molecule has 0 saturated carbocycles. The van der Waals surface area contributed by atoms with Crippen LogP contribution in [-0.2, 0) is 6.73 Å². The first kappa shape index (κ1) is 22.9. The number of aryl methyl sites for hydroxylation is 1. The number of nitro benzene ring substituents is 1. The van der Waals surface area contributed by atoms with Crippen molar-refractivity contribution < 1.29 is 28.0 Å². The molecule has 12 heteroatoms. The van der Waals surface area contributed by atoms with Gasteiger partial charge in [-0.05, 0) is 36.8 Å². The van der Waals surface area contributed by atoms with Crippen LogP contribution < -0.4 is 14.8 Å². The molecule has 168 valence electrons. The number of rotatable bonds is 9. The lowest BCUT2D eigenvalue weighted by Crippen LogP contribution is -2.15. The summed E-state index contributed by atoms with van der Waals surface area (Å²) in [5.74, 6) is -0.264. The van der Waals surface area contributed by atoms with Crippen LogP contribution in [0.15, 0.2) is 48.7 Å². The van der Waals surface area contributed by atoms with Gasteiger partial charge in [0, 0.05) is 23.4 Å². The molecule has 32 heavy (non-hydrogen) atoms. The topological polar surface area (TPSA) is 109 Å². The predicted molar refractivity (Wildman–Crippen MR) is 112 cm³/mol. The third-order valence-electron chi connectivity index (χ3n) is 4.10. The molecule has 1 amide bonds. The van der Waals surface area contributed by atoms with E-state index in [1.807, 2.05) is 6.92 Å². The number of halogens is 3. The van der Waals surface area contributed by atoms with Gasteiger partial charge in [-0.1, -0.05) is 11.6 Å². The molecule has 0 bridgehead atoms. The van der Waals surface area contributed by atoms with Gasteiger partial charge >= 0.3 is 0 Å². The van der Waals surface area contributed by atoms with Crippen molar-refractivity contribution in [3.63, 3.8) is 0 Å². The van der Waals surface area contributed by atoms with Crippen molar-refractivity contribution in [3.8, 4) is 11.5 Å². The number of hydrogen-bond acceptors (Lipinski definition) is 6. The maximum Gasteiger partial charge on any atom is 0.276 e. The molecule has 9 nitrogen and oxygen atoms in total. The summed E-state index contributed by atoms with van der Waals surface area (Å²) < 4.78 is 36.5. The Morgan fingerprint density at radius 2 is 2.00 bits per heavy atom. The molecule has 0 fully saturated rings. The van der Waals surface area contributed by atoms with Crippen LogP contribution in [0.3, 0.4) is 0 Å². The molecule has 1 heterocycles. The number of nitro groups is 1. The van der Waals surface area contributed by atoms with Crippen LogP contribution in [0.2, 0.25) is 5.02 Å². The molecule has 0 aliphatic rings. The molecule has 0 atom stereocenters. The molecule has 0 saturated heterocycles. The Hall–Kier alpha value is -3.73. The van der Waals surface area contributed by atoms with Crippen molar-refractivity contribution in [2.24, 2.45) is 0 Å². The highest BCUT2D eigenvalue weighted by molar-refractivity contribution is 6.31. The van der Waals surface area contributed by atoms with Gasteiger partial charge in [0.2, 0.25) is 0 Å². The number of non-ortho nitro benzene ring substituents is 1. The number of amides is 1. The average molecular weight is 467 g/mol. The number of ether oxygens (including phenoxy) is 2. The van der Waals surface area contributed by atoms with Gasteiger partial charge in [-0.2, -0.15) is 5.10 Å². The average Bonchev–Trinajstić information content (AvgIpc) is 3.22. The van der Waals surface area contributed by atoms with Crippen LogP contribution in [0, 0.1) is 17.0 Å². The van der Waals surface area contributed by atoms with Gasteiger partial charge in [0.05, 0.1) is 16.7 Å². The number of benzene rings is 2. The van der Waals surface area contributed by atoms with Crippen LogP contribution >= 0.6 is 11.6 Å². The van der Waals surface area contributed by atoms with E-state index in [4.69, 9.17) is 21.1 Å². The minimum atomic E-state index is -2.75. The summed E-state index contributed by atoms with van der Waals surface area (Å²) >= 11 is 5.97. The maximum absolute atomic E-state index is 12.5. The summed E-state index contributed by atoms with van der Waals surface area (Å²) in [7, 11) is 0. The van der Waals surface area contributed by atoms with E-state index < -0.39 is 29.6 Å². The Labute approximate surface area is 185 Å². The number of alkyl halides is 2. The van der Waals surface area contributed by atoms with Crippen LogP contribution in [0.4, 0.5) is 20.2 Å². The number of carbonyl (C=O) groups excluding carboxylic acids is 1. The molecule has 0 spiro atoms. The monoisotopic (exact) mass is 466 g/mol. The summed E-state index contributed by atoms with van der Waals surface area (Å²) in [4.78, 5) is 22.8. The van der Waals surface area contributed by atoms with E-state index in [-0.39, 0.29) is 23.9 Å². The Bertz CT molecular complexity index is 1140. The normalized spacial score (nSPS) is 10.8. The van der Waals surface area contributed by atoms with Crippen molar-refractivity contribution >= 4 is 28.9 Å². The van der Waals surface area contributed by atoms with Gasteiger partial charge in [-0.15, -0.1) is 0 Å². The largest absolute Gasteiger partial charge is 0.487 e. The van der Waals surface area contributed by atoms with Gasteiger partial charge in [-0.25, -0.2) is 13.5 Å². The van der Waals surface area contributed by atoms with Crippen LogP contribution in [0.1, 0.15) is 16.1 Å². The molecule has 2 aromatic carbocycles. The van der Waals surface area contributed by atoms with Gasteiger partial charge in [0.25, 0.3) is 18.0 Å². The number of nitrogens with one attached hydrogen (secondary N) is 1. The first-order valence-electron chi connectivity index (χ1n) is 9.15. The molecular formula is C20H17ClF2N4O5. The number of hydrogen-bond donors (Lipinski definition) is 1. The van der Waals surface area contributed by atoms with E-state index in [0.717, 1.165) is 17.7 Å². The van der Waals surface area contributed by atoms with Gasteiger partial charge in [-0.3, -0.25) is 14.9 Å². The van der Waals surface area contributed by atoms with Crippen LogP contribution in [-0.4, -0.2) is 33.6 Å². The molecule has 0 unspecified atom stereocenters. The smallest absolute Gasteiger partial charge is 0.276 e. The lowest BCUT2D eigenvalue weighted by Gasteiger charge is -2.09. The fourth-order valence-corrected chi connectivity index (χ4v) is 2.72. The minimum absolute atomic E-state index is 0.00379. The van der Waals surface area contributed by atoms with Crippen molar-refractivity contribution in [2.75, 3.05) is 11.9 Å². The fourth-order valence-electron chi connectivity index (χ4n) is 2.60. The zero-order chi connectivity index (χ0) is 23.3.